The van der Waals surface area contributed by atoms with E-state index in [1.54, 1.807) is 6.92 Å². The van der Waals surface area contributed by atoms with Crippen LogP contribution >= 0.6 is 0 Å². The second-order valence-electron chi connectivity index (χ2n) is 6.21. The number of amides is 1. The molecule has 0 radical (unpaired) electrons. The molecular formula is C15H24N4O3. The van der Waals surface area contributed by atoms with E-state index in [4.69, 9.17) is 9.26 Å². The first kappa shape index (κ1) is 15.4. The van der Waals surface area contributed by atoms with Crippen molar-refractivity contribution < 1.29 is 14.1 Å². The Labute approximate surface area is 130 Å². The SMILES string of the molecule is CC(=O)NC1CCCN(Cc2noc(C3CCOCC3)n2)C1. The largest absolute Gasteiger partial charge is 0.381 e. The maximum Gasteiger partial charge on any atom is 0.229 e. The quantitative estimate of drug-likeness (QED) is 0.896. The Hall–Kier alpha value is -1.47. The van der Waals surface area contributed by atoms with Crippen molar-refractivity contribution in [3.8, 4) is 0 Å². The summed E-state index contributed by atoms with van der Waals surface area (Å²) in [6.07, 6.45) is 4.02. The number of ether oxygens (including phenoxy) is 1. The first-order chi connectivity index (χ1) is 10.7. The number of nitrogens with zero attached hydrogens (tertiary/aromatic N) is 3. The van der Waals surface area contributed by atoms with E-state index in [2.05, 4.69) is 20.4 Å². The maximum atomic E-state index is 11.2. The van der Waals surface area contributed by atoms with Crippen LogP contribution in [0.2, 0.25) is 0 Å². The molecule has 122 valence electrons. The summed E-state index contributed by atoms with van der Waals surface area (Å²) < 4.78 is 10.8. The minimum Gasteiger partial charge on any atom is -0.381 e. The van der Waals surface area contributed by atoms with E-state index in [1.807, 2.05) is 0 Å². The molecule has 3 heterocycles. The zero-order chi connectivity index (χ0) is 15.4. The highest BCUT2D eigenvalue weighted by Crippen LogP contribution is 2.25. The number of aromatic nitrogens is 2. The van der Waals surface area contributed by atoms with Gasteiger partial charge in [0, 0.05) is 38.6 Å². The molecule has 2 fully saturated rings. The molecule has 3 rings (SSSR count). The molecule has 0 spiro atoms. The Morgan fingerprint density at radius 3 is 2.95 bits per heavy atom. The Morgan fingerprint density at radius 2 is 2.18 bits per heavy atom. The molecule has 2 saturated heterocycles. The molecule has 0 aromatic carbocycles. The van der Waals surface area contributed by atoms with Gasteiger partial charge in [-0.2, -0.15) is 4.98 Å². The van der Waals surface area contributed by atoms with Crippen LogP contribution in [0.15, 0.2) is 4.52 Å². The van der Waals surface area contributed by atoms with E-state index < -0.39 is 0 Å². The fourth-order valence-electron chi connectivity index (χ4n) is 3.25. The van der Waals surface area contributed by atoms with Crippen LogP contribution in [0.25, 0.3) is 0 Å². The highest BCUT2D eigenvalue weighted by Gasteiger charge is 2.24. The summed E-state index contributed by atoms with van der Waals surface area (Å²) in [5, 5.41) is 7.11. The number of rotatable bonds is 4. The molecule has 1 atom stereocenters. The van der Waals surface area contributed by atoms with Gasteiger partial charge in [0.25, 0.3) is 0 Å². The lowest BCUT2D eigenvalue weighted by Gasteiger charge is -2.32. The number of nitrogens with one attached hydrogen (secondary N) is 1. The van der Waals surface area contributed by atoms with Gasteiger partial charge in [0.15, 0.2) is 5.82 Å². The van der Waals surface area contributed by atoms with Crippen molar-refractivity contribution in [3.05, 3.63) is 11.7 Å². The van der Waals surface area contributed by atoms with Gasteiger partial charge in [-0.1, -0.05) is 5.16 Å². The smallest absolute Gasteiger partial charge is 0.229 e. The zero-order valence-electron chi connectivity index (χ0n) is 13.1. The van der Waals surface area contributed by atoms with Crippen molar-refractivity contribution in [2.24, 2.45) is 0 Å². The Balaban J connectivity index is 1.54. The molecule has 0 aliphatic carbocycles. The van der Waals surface area contributed by atoms with Crippen LogP contribution in [0.1, 0.15) is 50.2 Å². The minimum atomic E-state index is 0.0354. The molecule has 1 aromatic heterocycles. The van der Waals surface area contributed by atoms with Gasteiger partial charge >= 0.3 is 0 Å². The fourth-order valence-corrected chi connectivity index (χ4v) is 3.25. The minimum absolute atomic E-state index is 0.0354. The van der Waals surface area contributed by atoms with Gasteiger partial charge < -0.3 is 14.6 Å². The van der Waals surface area contributed by atoms with E-state index in [0.717, 1.165) is 63.7 Å². The normalized spacial score (nSPS) is 24.3. The van der Waals surface area contributed by atoms with E-state index in [9.17, 15) is 4.79 Å². The summed E-state index contributed by atoms with van der Waals surface area (Å²) in [6.45, 7) is 5.65. The summed E-state index contributed by atoms with van der Waals surface area (Å²) in [6, 6.07) is 0.230. The number of likely N-dealkylation sites (tertiary alicyclic amines) is 1. The predicted molar refractivity (Wildman–Crippen MR) is 79.2 cm³/mol. The molecule has 1 unspecified atom stereocenters. The molecule has 1 amide bonds. The molecule has 0 saturated carbocycles. The lowest BCUT2D eigenvalue weighted by atomic mass is 10.0. The van der Waals surface area contributed by atoms with Gasteiger partial charge in [-0.25, -0.2) is 0 Å². The summed E-state index contributed by atoms with van der Waals surface area (Å²) in [7, 11) is 0. The van der Waals surface area contributed by atoms with Crippen LogP contribution < -0.4 is 5.32 Å². The standard InChI is InChI=1S/C15H24N4O3/c1-11(20)16-13-3-2-6-19(9-13)10-14-17-15(22-18-14)12-4-7-21-8-5-12/h12-13H,2-10H2,1H3,(H,16,20). The lowest BCUT2D eigenvalue weighted by molar-refractivity contribution is -0.120. The first-order valence-corrected chi connectivity index (χ1v) is 8.10. The zero-order valence-corrected chi connectivity index (χ0v) is 13.1. The van der Waals surface area contributed by atoms with Gasteiger partial charge in [0.2, 0.25) is 11.8 Å². The van der Waals surface area contributed by atoms with Crippen molar-refractivity contribution in [2.45, 2.75) is 51.1 Å². The average Bonchev–Trinajstić information content (AvgIpc) is 2.96. The topological polar surface area (TPSA) is 80.5 Å². The van der Waals surface area contributed by atoms with Crippen molar-refractivity contribution in [1.82, 2.24) is 20.4 Å². The number of carbonyl (C=O) groups is 1. The van der Waals surface area contributed by atoms with Crippen LogP contribution in [-0.2, 0) is 16.1 Å². The number of hydrogen-bond acceptors (Lipinski definition) is 6. The van der Waals surface area contributed by atoms with Gasteiger partial charge in [-0.15, -0.1) is 0 Å². The molecular weight excluding hydrogens is 284 g/mol. The maximum absolute atomic E-state index is 11.2. The van der Waals surface area contributed by atoms with Crippen LogP contribution in [0, 0.1) is 0 Å². The number of carbonyl (C=O) groups excluding carboxylic acids is 1. The number of piperidine rings is 1. The number of hydrogen-bond donors (Lipinski definition) is 1. The predicted octanol–water partition coefficient (Wildman–Crippen LogP) is 1.06. The highest BCUT2D eigenvalue weighted by atomic mass is 16.5. The molecule has 7 nitrogen and oxygen atoms in total. The second kappa shape index (κ2) is 7.19. The summed E-state index contributed by atoms with van der Waals surface area (Å²) >= 11 is 0. The Bertz CT molecular complexity index is 499. The van der Waals surface area contributed by atoms with E-state index in [1.165, 1.54) is 0 Å². The second-order valence-corrected chi connectivity index (χ2v) is 6.21. The van der Waals surface area contributed by atoms with Crippen LogP contribution in [0.5, 0.6) is 0 Å². The third kappa shape index (κ3) is 4.04. The highest BCUT2D eigenvalue weighted by molar-refractivity contribution is 5.73. The van der Waals surface area contributed by atoms with Crippen LogP contribution in [0.4, 0.5) is 0 Å². The van der Waals surface area contributed by atoms with E-state index in [0.29, 0.717) is 12.5 Å². The third-order valence-corrected chi connectivity index (χ3v) is 4.33. The van der Waals surface area contributed by atoms with Crippen molar-refractivity contribution in [2.75, 3.05) is 26.3 Å². The molecule has 2 aliphatic rings. The molecule has 0 bridgehead atoms. The average molecular weight is 308 g/mol. The van der Waals surface area contributed by atoms with Gasteiger partial charge in [0.05, 0.1) is 6.54 Å². The van der Waals surface area contributed by atoms with Crippen LogP contribution in [-0.4, -0.2) is 53.3 Å². The third-order valence-electron chi connectivity index (χ3n) is 4.33. The van der Waals surface area contributed by atoms with Crippen molar-refractivity contribution >= 4 is 5.91 Å². The summed E-state index contributed by atoms with van der Waals surface area (Å²) in [4.78, 5) is 18.0. The van der Waals surface area contributed by atoms with Gasteiger partial charge in [-0.3, -0.25) is 9.69 Å². The molecule has 1 aromatic rings. The fraction of sp³-hybridized carbons (Fsp3) is 0.800. The Kier molecular flexibility index (Phi) is 5.04. The van der Waals surface area contributed by atoms with Crippen molar-refractivity contribution in [3.63, 3.8) is 0 Å². The molecule has 1 N–H and O–H groups in total. The van der Waals surface area contributed by atoms with Crippen molar-refractivity contribution in [1.29, 1.82) is 0 Å². The van der Waals surface area contributed by atoms with Crippen LogP contribution in [0.3, 0.4) is 0 Å². The summed E-state index contributed by atoms with van der Waals surface area (Å²) in [5.41, 5.74) is 0. The van der Waals surface area contributed by atoms with Gasteiger partial charge in [0.1, 0.15) is 0 Å². The lowest BCUT2D eigenvalue weighted by Crippen LogP contribution is -2.46. The monoisotopic (exact) mass is 308 g/mol. The van der Waals surface area contributed by atoms with E-state index >= 15 is 0 Å². The Morgan fingerprint density at radius 1 is 1.36 bits per heavy atom. The molecule has 2 aliphatic heterocycles. The van der Waals surface area contributed by atoms with E-state index in [-0.39, 0.29) is 11.9 Å². The molecule has 7 heteroatoms. The van der Waals surface area contributed by atoms with Gasteiger partial charge in [-0.05, 0) is 32.2 Å². The summed E-state index contributed by atoms with van der Waals surface area (Å²) in [5.74, 6) is 1.86. The first-order valence-electron chi connectivity index (χ1n) is 8.10. The molecule has 22 heavy (non-hydrogen) atoms.